The van der Waals surface area contributed by atoms with Gasteiger partial charge in [0.15, 0.2) is 0 Å². The van der Waals surface area contributed by atoms with Crippen molar-refractivity contribution < 1.29 is 0 Å². The molecule has 1 aliphatic rings. The summed E-state index contributed by atoms with van der Waals surface area (Å²) in [6.07, 6.45) is 17.5. The van der Waals surface area contributed by atoms with Gasteiger partial charge >= 0.3 is 0 Å². The molecule has 0 unspecified atom stereocenters. The molecule has 25 heavy (non-hydrogen) atoms. The number of aryl methyl sites for hydroxylation is 1. The molecule has 0 radical (unpaired) electrons. The van der Waals surface area contributed by atoms with E-state index in [4.69, 9.17) is 9.98 Å². The van der Waals surface area contributed by atoms with Crippen molar-refractivity contribution >= 4 is 22.8 Å². The molecule has 0 N–H and O–H groups in total. The summed E-state index contributed by atoms with van der Waals surface area (Å²) in [6.45, 7) is 2.28. The molecule has 1 aromatic heterocycles. The van der Waals surface area contributed by atoms with Gasteiger partial charge in [-0.2, -0.15) is 0 Å². The Morgan fingerprint density at radius 2 is 1.72 bits per heavy atom. The predicted molar refractivity (Wildman–Crippen MR) is 109 cm³/mol. The van der Waals surface area contributed by atoms with Crippen LogP contribution in [-0.2, 0) is 12.8 Å². The van der Waals surface area contributed by atoms with Gasteiger partial charge in [-0.1, -0.05) is 63.6 Å². The minimum atomic E-state index is 1.10. The lowest BCUT2D eigenvalue weighted by Gasteiger charge is -2.18. The lowest BCUT2D eigenvalue weighted by molar-refractivity contribution is 0.596. The SMILES string of the molecule is CCCCCCCCCC=Nc1c2c(nc3ccccc13)CCCC2. The Labute approximate surface area is 152 Å². The third-order valence-electron chi connectivity index (χ3n) is 5.30. The molecule has 134 valence electrons. The lowest BCUT2D eigenvalue weighted by Crippen LogP contribution is -2.06. The van der Waals surface area contributed by atoms with Crippen molar-refractivity contribution in [3.63, 3.8) is 0 Å². The molecule has 2 nitrogen and oxygen atoms in total. The van der Waals surface area contributed by atoms with Crippen LogP contribution >= 0.6 is 0 Å². The normalized spacial score (nSPS) is 14.3. The zero-order chi connectivity index (χ0) is 17.3. The zero-order valence-corrected chi connectivity index (χ0v) is 15.8. The van der Waals surface area contributed by atoms with Gasteiger partial charge in [-0.25, -0.2) is 0 Å². The van der Waals surface area contributed by atoms with E-state index < -0.39 is 0 Å². The highest BCUT2D eigenvalue weighted by Crippen LogP contribution is 2.35. The largest absolute Gasteiger partial charge is 0.260 e. The number of unbranched alkanes of at least 4 members (excludes halogenated alkanes) is 7. The molecule has 0 atom stereocenters. The molecular weight excluding hydrogens is 304 g/mol. The maximum Gasteiger partial charge on any atom is 0.0769 e. The van der Waals surface area contributed by atoms with E-state index in [0.717, 1.165) is 24.8 Å². The van der Waals surface area contributed by atoms with Crippen LogP contribution in [0.15, 0.2) is 29.3 Å². The Morgan fingerprint density at radius 1 is 0.960 bits per heavy atom. The third-order valence-corrected chi connectivity index (χ3v) is 5.30. The molecule has 0 amide bonds. The summed E-state index contributed by atoms with van der Waals surface area (Å²) in [7, 11) is 0. The van der Waals surface area contributed by atoms with E-state index in [1.807, 2.05) is 0 Å². The van der Waals surface area contributed by atoms with Crippen LogP contribution in [0.1, 0.15) is 82.4 Å². The van der Waals surface area contributed by atoms with Gasteiger partial charge in [0.05, 0.1) is 11.2 Å². The molecule has 0 saturated heterocycles. The molecule has 1 aromatic carbocycles. The first-order valence-electron chi connectivity index (χ1n) is 10.3. The van der Waals surface area contributed by atoms with Crippen molar-refractivity contribution in [1.29, 1.82) is 0 Å². The van der Waals surface area contributed by atoms with E-state index >= 15 is 0 Å². The highest BCUT2D eigenvalue weighted by Gasteiger charge is 2.17. The standard InChI is InChI=1S/C23H32N2/c1-2-3-4-5-6-7-8-13-18-24-23-19-14-9-11-16-21(19)25-22-17-12-10-15-20(22)23/h9,11,14,16,18H,2-8,10,12-13,15,17H2,1H3. The van der Waals surface area contributed by atoms with Crippen molar-refractivity contribution in [2.75, 3.05) is 0 Å². The van der Waals surface area contributed by atoms with Gasteiger partial charge in [-0.15, -0.1) is 0 Å². The Bertz CT molecular complexity index is 703. The van der Waals surface area contributed by atoms with E-state index in [-0.39, 0.29) is 0 Å². The highest BCUT2D eigenvalue weighted by molar-refractivity contribution is 5.93. The van der Waals surface area contributed by atoms with Crippen molar-refractivity contribution in [2.45, 2.75) is 84.0 Å². The van der Waals surface area contributed by atoms with Crippen LogP contribution in [-0.4, -0.2) is 11.2 Å². The Morgan fingerprint density at radius 3 is 2.60 bits per heavy atom. The number of hydrogen-bond acceptors (Lipinski definition) is 2. The number of hydrogen-bond donors (Lipinski definition) is 0. The molecule has 2 heteroatoms. The van der Waals surface area contributed by atoms with Crippen LogP contribution in [0.4, 0.5) is 5.69 Å². The molecule has 0 fully saturated rings. The van der Waals surface area contributed by atoms with E-state index in [0.29, 0.717) is 0 Å². The molecule has 1 aliphatic carbocycles. The van der Waals surface area contributed by atoms with E-state index in [1.54, 1.807) is 0 Å². The Kier molecular flexibility index (Phi) is 7.02. The van der Waals surface area contributed by atoms with Gasteiger partial charge in [-0.05, 0) is 50.2 Å². The Balaban J connectivity index is 1.62. The van der Waals surface area contributed by atoms with Crippen molar-refractivity contribution in [1.82, 2.24) is 4.98 Å². The molecular formula is C23H32N2. The second-order valence-corrected chi connectivity index (χ2v) is 7.33. The number of benzene rings is 1. The molecule has 0 bridgehead atoms. The quantitative estimate of drug-likeness (QED) is 0.359. The average Bonchev–Trinajstić information content (AvgIpc) is 2.66. The minimum Gasteiger partial charge on any atom is -0.260 e. The molecule has 0 aliphatic heterocycles. The van der Waals surface area contributed by atoms with Gasteiger partial charge in [0.25, 0.3) is 0 Å². The maximum atomic E-state index is 4.93. The smallest absolute Gasteiger partial charge is 0.0769 e. The van der Waals surface area contributed by atoms with Gasteiger partial charge < -0.3 is 0 Å². The molecule has 0 saturated carbocycles. The van der Waals surface area contributed by atoms with E-state index in [9.17, 15) is 0 Å². The monoisotopic (exact) mass is 336 g/mol. The number of fused-ring (bicyclic) bond motifs is 2. The van der Waals surface area contributed by atoms with Crippen molar-refractivity contribution in [3.8, 4) is 0 Å². The molecule has 1 heterocycles. The number of para-hydroxylation sites is 1. The van der Waals surface area contributed by atoms with E-state index in [2.05, 4.69) is 37.4 Å². The molecule has 0 spiro atoms. The first-order chi connectivity index (χ1) is 12.4. The summed E-state index contributed by atoms with van der Waals surface area (Å²) in [5, 5.41) is 1.22. The average molecular weight is 337 g/mol. The van der Waals surface area contributed by atoms with Crippen LogP contribution < -0.4 is 0 Å². The summed E-state index contributed by atoms with van der Waals surface area (Å²) in [6, 6.07) is 8.49. The summed E-state index contributed by atoms with van der Waals surface area (Å²) in [5.41, 5.74) is 4.99. The first kappa shape index (κ1) is 18.1. The van der Waals surface area contributed by atoms with Crippen molar-refractivity contribution in [3.05, 3.63) is 35.5 Å². The number of aromatic nitrogens is 1. The van der Waals surface area contributed by atoms with Crippen LogP contribution in [0.25, 0.3) is 10.9 Å². The summed E-state index contributed by atoms with van der Waals surface area (Å²) < 4.78 is 0. The van der Waals surface area contributed by atoms with Gasteiger partial charge in [0.2, 0.25) is 0 Å². The molecule has 3 rings (SSSR count). The fourth-order valence-corrected chi connectivity index (χ4v) is 3.84. The second-order valence-electron chi connectivity index (χ2n) is 7.33. The van der Waals surface area contributed by atoms with E-state index in [1.165, 1.54) is 80.1 Å². The van der Waals surface area contributed by atoms with Gasteiger partial charge in [0, 0.05) is 17.3 Å². The first-order valence-corrected chi connectivity index (χ1v) is 10.3. The van der Waals surface area contributed by atoms with Gasteiger partial charge in [0.1, 0.15) is 0 Å². The number of rotatable bonds is 9. The Hall–Kier alpha value is -1.70. The highest BCUT2D eigenvalue weighted by atomic mass is 14.8. The van der Waals surface area contributed by atoms with Gasteiger partial charge in [-0.3, -0.25) is 9.98 Å². The predicted octanol–water partition coefficient (Wildman–Crippen LogP) is 6.96. The fourth-order valence-electron chi connectivity index (χ4n) is 3.84. The van der Waals surface area contributed by atoms with Crippen LogP contribution in [0.3, 0.4) is 0 Å². The van der Waals surface area contributed by atoms with Crippen LogP contribution in [0, 0.1) is 0 Å². The van der Waals surface area contributed by atoms with Crippen molar-refractivity contribution in [2.24, 2.45) is 4.99 Å². The maximum absolute atomic E-state index is 4.93. The third kappa shape index (κ3) is 4.90. The van der Waals surface area contributed by atoms with Crippen LogP contribution in [0.5, 0.6) is 0 Å². The number of nitrogens with zero attached hydrogens (tertiary/aromatic N) is 2. The lowest BCUT2D eigenvalue weighted by atomic mass is 9.93. The van der Waals surface area contributed by atoms with Crippen LogP contribution in [0.2, 0.25) is 0 Å². The summed E-state index contributed by atoms with van der Waals surface area (Å²) in [4.78, 5) is 9.83. The fraction of sp³-hybridized carbons (Fsp3) is 0.565. The second kappa shape index (κ2) is 9.70. The zero-order valence-electron chi connectivity index (χ0n) is 15.8. The number of pyridine rings is 1. The number of aliphatic imine (C=N–C) groups is 1. The topological polar surface area (TPSA) is 25.2 Å². The minimum absolute atomic E-state index is 1.10. The molecule has 2 aromatic rings. The summed E-state index contributed by atoms with van der Waals surface area (Å²) in [5.74, 6) is 0. The summed E-state index contributed by atoms with van der Waals surface area (Å²) >= 11 is 0.